The zero-order valence-electron chi connectivity index (χ0n) is 19.1. The molecule has 1 atom stereocenters. The lowest BCUT2D eigenvalue weighted by molar-refractivity contribution is -0.121. The van der Waals surface area contributed by atoms with Crippen LogP contribution in [0.1, 0.15) is 57.7 Å². The number of rotatable bonds is 6. The molecule has 5 nitrogen and oxygen atoms in total. The van der Waals surface area contributed by atoms with Crippen molar-refractivity contribution in [2.24, 2.45) is 0 Å². The number of amides is 1. The van der Waals surface area contributed by atoms with Crippen molar-refractivity contribution >= 4 is 32.4 Å². The van der Waals surface area contributed by atoms with Crippen LogP contribution < -0.4 is 9.62 Å². The summed E-state index contributed by atoms with van der Waals surface area (Å²) >= 11 is 0. The fraction of sp³-hybridized carbons (Fsp3) is 0.346. The maximum atomic E-state index is 13.0. The molecule has 0 unspecified atom stereocenters. The van der Waals surface area contributed by atoms with E-state index >= 15 is 0 Å². The van der Waals surface area contributed by atoms with Gasteiger partial charge in [-0.25, -0.2) is 8.42 Å². The largest absolute Gasteiger partial charge is 0.350 e. The Balaban J connectivity index is 1.37. The highest BCUT2D eigenvalue weighted by molar-refractivity contribution is 7.93. The molecule has 0 saturated heterocycles. The fourth-order valence-electron chi connectivity index (χ4n) is 4.25. The zero-order valence-corrected chi connectivity index (χ0v) is 19.9. The van der Waals surface area contributed by atoms with Crippen LogP contribution in [0, 0.1) is 0 Å². The average Bonchev–Trinajstić information content (AvgIpc) is 2.96. The van der Waals surface area contributed by atoms with E-state index in [9.17, 15) is 13.2 Å². The van der Waals surface area contributed by atoms with Crippen molar-refractivity contribution in [2.75, 3.05) is 10.8 Å². The minimum absolute atomic E-state index is 0.0790. The molecule has 0 aromatic heterocycles. The molecule has 0 aliphatic carbocycles. The van der Waals surface area contributed by atoms with Gasteiger partial charge in [-0.05, 0) is 47.4 Å². The van der Waals surface area contributed by atoms with Crippen LogP contribution in [0.2, 0.25) is 0 Å². The van der Waals surface area contributed by atoms with Gasteiger partial charge in [0.1, 0.15) is 0 Å². The van der Waals surface area contributed by atoms with Crippen molar-refractivity contribution in [2.45, 2.75) is 56.9 Å². The Morgan fingerprint density at radius 3 is 2.31 bits per heavy atom. The number of hydrogen-bond acceptors (Lipinski definition) is 3. The highest BCUT2D eigenvalue weighted by Gasteiger charge is 2.35. The molecule has 168 valence electrons. The summed E-state index contributed by atoms with van der Waals surface area (Å²) in [4.78, 5) is 12.9. The Morgan fingerprint density at radius 1 is 1.00 bits per heavy atom. The smallest absolute Gasteiger partial charge is 0.265 e. The van der Waals surface area contributed by atoms with E-state index in [1.165, 1.54) is 9.87 Å². The van der Waals surface area contributed by atoms with Crippen molar-refractivity contribution in [1.29, 1.82) is 0 Å². The molecule has 32 heavy (non-hydrogen) atoms. The molecule has 1 aliphatic heterocycles. The lowest BCUT2D eigenvalue weighted by Gasteiger charge is -2.21. The first kappa shape index (κ1) is 22.3. The van der Waals surface area contributed by atoms with E-state index in [4.69, 9.17) is 0 Å². The Bertz CT molecular complexity index is 1250. The molecule has 0 bridgehead atoms. The average molecular weight is 451 g/mol. The normalized spacial score (nSPS) is 15.7. The van der Waals surface area contributed by atoms with Crippen molar-refractivity contribution in [3.63, 3.8) is 0 Å². The van der Waals surface area contributed by atoms with Crippen molar-refractivity contribution < 1.29 is 13.2 Å². The van der Waals surface area contributed by atoms with Gasteiger partial charge in [-0.2, -0.15) is 0 Å². The molecule has 1 amide bonds. The lowest BCUT2D eigenvalue weighted by Crippen LogP contribution is -2.30. The minimum Gasteiger partial charge on any atom is -0.350 e. The maximum absolute atomic E-state index is 13.0. The number of carbonyl (C=O) groups is 1. The third-order valence-electron chi connectivity index (χ3n) is 6.10. The van der Waals surface area contributed by atoms with E-state index < -0.39 is 10.0 Å². The monoisotopic (exact) mass is 450 g/mol. The predicted octanol–water partition coefficient (Wildman–Crippen LogP) is 5.30. The van der Waals surface area contributed by atoms with Gasteiger partial charge in [0.2, 0.25) is 5.91 Å². The van der Waals surface area contributed by atoms with Crippen LogP contribution in [0.15, 0.2) is 65.6 Å². The van der Waals surface area contributed by atoms with Crippen molar-refractivity contribution in [3.05, 3.63) is 71.8 Å². The van der Waals surface area contributed by atoms with E-state index in [1.54, 1.807) is 12.1 Å². The van der Waals surface area contributed by atoms with E-state index in [1.807, 2.05) is 31.2 Å². The molecule has 1 aliphatic rings. The van der Waals surface area contributed by atoms with E-state index in [2.05, 4.69) is 50.4 Å². The predicted molar refractivity (Wildman–Crippen MR) is 129 cm³/mol. The number of anilines is 1. The highest BCUT2D eigenvalue weighted by Crippen LogP contribution is 2.42. The minimum atomic E-state index is -3.58. The van der Waals surface area contributed by atoms with Gasteiger partial charge in [0.25, 0.3) is 10.0 Å². The number of sulfonamides is 1. The summed E-state index contributed by atoms with van der Waals surface area (Å²) in [6, 6.07) is 19.2. The van der Waals surface area contributed by atoms with Gasteiger partial charge in [-0.3, -0.25) is 9.10 Å². The molecule has 1 heterocycles. The number of benzene rings is 3. The standard InChI is InChI=1S/C26H30N2O3S/c1-18(19-13-15-21(16-14-19)26(2,3)4)27-24(29)12-7-17-28-22-10-5-8-20-9-6-11-23(25(20)22)32(28,30)31/h5-6,8-11,13-16,18H,7,12,17H2,1-4H3,(H,27,29)/t18-/m1/s1. The van der Waals surface area contributed by atoms with Crippen LogP contribution in [-0.2, 0) is 20.2 Å². The van der Waals surface area contributed by atoms with Gasteiger partial charge in [0, 0.05) is 18.4 Å². The molecule has 4 rings (SSSR count). The van der Waals surface area contributed by atoms with Crippen molar-refractivity contribution in [3.8, 4) is 0 Å². The Kier molecular flexibility index (Phi) is 5.76. The van der Waals surface area contributed by atoms with Gasteiger partial charge in [0.15, 0.2) is 0 Å². The highest BCUT2D eigenvalue weighted by atomic mass is 32.2. The Morgan fingerprint density at radius 2 is 1.66 bits per heavy atom. The Hall–Kier alpha value is -2.86. The summed E-state index contributed by atoms with van der Waals surface area (Å²) in [5.41, 5.74) is 3.09. The topological polar surface area (TPSA) is 66.5 Å². The SMILES string of the molecule is C[C@@H](NC(=O)CCCN1c2cccc3cccc(c23)S1(=O)=O)c1ccc(C(C)(C)C)cc1. The first-order valence-corrected chi connectivity index (χ1v) is 12.5. The fourth-order valence-corrected chi connectivity index (χ4v) is 6.00. The first-order valence-electron chi connectivity index (χ1n) is 11.0. The van der Waals surface area contributed by atoms with E-state index in [-0.39, 0.29) is 30.3 Å². The van der Waals surface area contributed by atoms with Crippen molar-refractivity contribution in [1.82, 2.24) is 5.32 Å². The maximum Gasteiger partial charge on any atom is 0.265 e. The van der Waals surface area contributed by atoms with E-state index in [0.717, 1.165) is 16.3 Å². The van der Waals surface area contributed by atoms with Crippen LogP contribution in [-0.4, -0.2) is 20.9 Å². The molecule has 6 heteroatoms. The van der Waals surface area contributed by atoms with E-state index in [0.29, 0.717) is 17.0 Å². The van der Waals surface area contributed by atoms with Gasteiger partial charge in [0.05, 0.1) is 16.6 Å². The third-order valence-corrected chi connectivity index (χ3v) is 7.96. The van der Waals surface area contributed by atoms with Gasteiger partial charge >= 0.3 is 0 Å². The second kappa shape index (κ2) is 8.24. The molecule has 3 aromatic carbocycles. The van der Waals surface area contributed by atoms with Gasteiger partial charge < -0.3 is 5.32 Å². The number of hydrogen-bond donors (Lipinski definition) is 1. The summed E-state index contributed by atoms with van der Waals surface area (Å²) in [5, 5.41) is 4.71. The molecule has 0 fully saturated rings. The Labute approximate surface area is 190 Å². The number of nitrogens with zero attached hydrogens (tertiary/aromatic N) is 1. The number of nitrogens with one attached hydrogen (secondary N) is 1. The summed E-state index contributed by atoms with van der Waals surface area (Å²) in [7, 11) is -3.58. The molecule has 1 N–H and O–H groups in total. The van der Waals surface area contributed by atoms with Crippen LogP contribution >= 0.6 is 0 Å². The van der Waals surface area contributed by atoms with Gasteiger partial charge in [-0.15, -0.1) is 0 Å². The molecular weight excluding hydrogens is 420 g/mol. The summed E-state index contributed by atoms with van der Waals surface area (Å²) < 4.78 is 27.5. The second-order valence-electron chi connectivity index (χ2n) is 9.47. The van der Waals surface area contributed by atoms with Crippen LogP contribution in [0.25, 0.3) is 10.8 Å². The zero-order chi connectivity index (χ0) is 23.1. The first-order chi connectivity index (χ1) is 15.1. The summed E-state index contributed by atoms with van der Waals surface area (Å²) in [6.45, 7) is 8.76. The summed E-state index contributed by atoms with van der Waals surface area (Å²) in [5.74, 6) is -0.0790. The van der Waals surface area contributed by atoms with Crippen LogP contribution in [0.3, 0.4) is 0 Å². The molecule has 0 spiro atoms. The number of carbonyl (C=O) groups excluding carboxylic acids is 1. The quantitative estimate of drug-likeness (QED) is 0.554. The van der Waals surface area contributed by atoms with Crippen LogP contribution in [0.4, 0.5) is 5.69 Å². The van der Waals surface area contributed by atoms with Crippen LogP contribution in [0.5, 0.6) is 0 Å². The van der Waals surface area contributed by atoms with Gasteiger partial charge in [-0.1, -0.05) is 69.3 Å². The third kappa shape index (κ3) is 4.11. The molecular formula is C26H30N2O3S. The molecule has 0 radical (unpaired) electrons. The molecule has 3 aromatic rings. The summed E-state index contributed by atoms with van der Waals surface area (Å²) in [6.07, 6.45) is 0.716. The second-order valence-corrected chi connectivity index (χ2v) is 11.3. The lowest BCUT2D eigenvalue weighted by atomic mass is 9.86. The molecule has 0 saturated carbocycles.